The number of aryl methyl sites for hydroxylation is 1. The van der Waals surface area contributed by atoms with Crippen LogP contribution in [0.1, 0.15) is 83.6 Å². The molecule has 228 valence electrons. The summed E-state index contributed by atoms with van der Waals surface area (Å²) in [5.41, 5.74) is 1.67. The van der Waals surface area contributed by atoms with Gasteiger partial charge in [-0.25, -0.2) is 4.79 Å². The van der Waals surface area contributed by atoms with E-state index in [0.29, 0.717) is 50.5 Å². The van der Waals surface area contributed by atoms with Crippen molar-refractivity contribution >= 4 is 29.4 Å². The van der Waals surface area contributed by atoms with Crippen LogP contribution in [0.5, 0.6) is 0 Å². The van der Waals surface area contributed by atoms with E-state index in [9.17, 15) is 24.0 Å². The minimum absolute atomic E-state index is 0.0138. The molecule has 0 bridgehead atoms. The van der Waals surface area contributed by atoms with E-state index in [0.717, 1.165) is 12.0 Å². The lowest BCUT2D eigenvalue weighted by molar-refractivity contribution is -0.165. The van der Waals surface area contributed by atoms with Gasteiger partial charge in [0.1, 0.15) is 12.1 Å². The molecular weight excluding hydrogens is 536 g/mol. The van der Waals surface area contributed by atoms with Crippen LogP contribution in [0.4, 0.5) is 0 Å². The molecule has 1 fully saturated rings. The summed E-state index contributed by atoms with van der Waals surface area (Å²) in [6, 6.07) is 2.95. The maximum absolute atomic E-state index is 13.5. The zero-order valence-electron chi connectivity index (χ0n) is 24.9. The molecule has 0 radical (unpaired) electrons. The van der Waals surface area contributed by atoms with Gasteiger partial charge in [0.25, 0.3) is 5.91 Å². The molecule has 0 N–H and O–H groups in total. The van der Waals surface area contributed by atoms with Crippen molar-refractivity contribution in [1.82, 2.24) is 9.88 Å². The second-order valence-corrected chi connectivity index (χ2v) is 11.4. The normalized spacial score (nSPS) is 26.0. The molecule has 42 heavy (non-hydrogen) atoms. The first-order valence-electron chi connectivity index (χ1n) is 15.1. The number of aromatic nitrogens is 1. The summed E-state index contributed by atoms with van der Waals surface area (Å²) in [5.74, 6) is -2.72. The van der Waals surface area contributed by atoms with E-state index >= 15 is 0 Å². The van der Waals surface area contributed by atoms with Crippen molar-refractivity contribution in [2.75, 3.05) is 13.2 Å². The van der Waals surface area contributed by atoms with Crippen molar-refractivity contribution in [3.63, 3.8) is 0 Å². The van der Waals surface area contributed by atoms with E-state index in [4.69, 9.17) is 9.47 Å². The van der Waals surface area contributed by atoms with Gasteiger partial charge in [0, 0.05) is 31.8 Å². The van der Waals surface area contributed by atoms with Crippen molar-refractivity contribution in [3.05, 3.63) is 54.4 Å². The lowest BCUT2D eigenvalue weighted by Crippen LogP contribution is -2.51. The number of ketones is 2. The van der Waals surface area contributed by atoms with Crippen LogP contribution in [0.15, 0.2) is 48.8 Å². The maximum Gasteiger partial charge on any atom is 0.329 e. The minimum Gasteiger partial charge on any atom is -0.466 e. The van der Waals surface area contributed by atoms with Crippen LogP contribution < -0.4 is 0 Å². The Kier molecular flexibility index (Phi) is 13.1. The number of carbonyl (C=O) groups is 5. The summed E-state index contributed by atoms with van der Waals surface area (Å²) in [6.45, 7) is 8.13. The minimum atomic E-state index is -0.869. The van der Waals surface area contributed by atoms with Crippen molar-refractivity contribution in [1.29, 1.82) is 0 Å². The Balaban J connectivity index is 1.86. The van der Waals surface area contributed by atoms with Gasteiger partial charge in [-0.05, 0) is 80.4 Å². The molecule has 2 aliphatic heterocycles. The number of amides is 1. The molecule has 1 unspecified atom stereocenters. The van der Waals surface area contributed by atoms with E-state index in [2.05, 4.69) is 11.6 Å². The highest BCUT2D eigenvalue weighted by Crippen LogP contribution is 2.26. The fraction of sp³-hybridized carbons (Fsp3) is 0.576. The summed E-state index contributed by atoms with van der Waals surface area (Å²) < 4.78 is 11.4. The first-order valence-corrected chi connectivity index (χ1v) is 15.1. The Morgan fingerprint density at radius 3 is 2.57 bits per heavy atom. The predicted octanol–water partition coefficient (Wildman–Crippen LogP) is 4.73. The van der Waals surface area contributed by atoms with Crippen molar-refractivity contribution < 1.29 is 33.4 Å². The Labute approximate surface area is 248 Å². The van der Waals surface area contributed by atoms with Gasteiger partial charge in [-0.1, -0.05) is 32.1 Å². The van der Waals surface area contributed by atoms with Gasteiger partial charge in [0.15, 0.2) is 5.78 Å². The van der Waals surface area contributed by atoms with Gasteiger partial charge in [-0.15, -0.1) is 6.58 Å². The number of cyclic esters (lactones) is 2. The third-order valence-electron chi connectivity index (χ3n) is 8.04. The molecule has 0 spiro atoms. The van der Waals surface area contributed by atoms with Crippen LogP contribution in [0.3, 0.4) is 0 Å². The van der Waals surface area contributed by atoms with Gasteiger partial charge >= 0.3 is 11.9 Å². The molecule has 9 nitrogen and oxygen atoms in total. The standard InChI is InChI=1S/C33H44N2O7/c1-4-8-26-21-23(2)17-20-41-31(38)16-14-29(37)32(39)35-19-6-5-10-27(35)33(40)42-30(24(3)11-13-28(26)36)15-12-25-9-7-18-34-22-25/h4,7,9,18,21-24,27,30H,1,5-6,8,10-17,19-20H2,2-3H3/t23?,24-,27+,30-/m1/s1. The first kappa shape index (κ1) is 32.9. The summed E-state index contributed by atoms with van der Waals surface area (Å²) in [4.78, 5) is 70.3. The molecule has 1 saturated heterocycles. The Bertz CT molecular complexity index is 1150. The summed E-state index contributed by atoms with van der Waals surface area (Å²) in [7, 11) is 0. The zero-order chi connectivity index (χ0) is 30.5. The summed E-state index contributed by atoms with van der Waals surface area (Å²) in [5, 5.41) is 0. The highest BCUT2D eigenvalue weighted by atomic mass is 16.5. The van der Waals surface area contributed by atoms with E-state index in [1.165, 1.54) is 4.90 Å². The van der Waals surface area contributed by atoms with Gasteiger partial charge in [0.2, 0.25) is 5.78 Å². The number of Topliss-reactive ketones (excluding diaryl/α,β-unsaturated/α-hetero) is 2. The molecule has 1 amide bonds. The van der Waals surface area contributed by atoms with Crippen molar-refractivity contribution in [2.45, 2.75) is 96.6 Å². The SMILES string of the molecule is C=CCC1=CC(C)CCOC(=O)CCC(=O)C(=O)N2CCCC[C@H]2C(=O)O[C@H](CCc2cccnc2)[C@H](C)CCC1=O. The number of hydrogen-bond acceptors (Lipinski definition) is 8. The summed E-state index contributed by atoms with van der Waals surface area (Å²) >= 11 is 0. The molecule has 9 heteroatoms. The number of rotatable bonds is 5. The van der Waals surface area contributed by atoms with E-state index in [1.807, 2.05) is 32.1 Å². The van der Waals surface area contributed by atoms with Crippen LogP contribution in [0, 0.1) is 11.8 Å². The molecule has 1 aromatic rings. The average molecular weight is 581 g/mol. The molecule has 2 aliphatic rings. The fourth-order valence-electron chi connectivity index (χ4n) is 5.44. The Morgan fingerprint density at radius 2 is 1.83 bits per heavy atom. The van der Waals surface area contributed by atoms with E-state index < -0.39 is 35.8 Å². The number of nitrogens with zero attached hydrogens (tertiary/aromatic N) is 2. The van der Waals surface area contributed by atoms with Gasteiger partial charge in [-0.2, -0.15) is 0 Å². The third kappa shape index (κ3) is 10.0. The number of fused-ring (bicyclic) bond motifs is 1. The number of allylic oxidation sites excluding steroid dienone is 3. The highest BCUT2D eigenvalue weighted by molar-refractivity contribution is 6.36. The molecule has 1 aromatic heterocycles. The molecule has 0 aromatic carbocycles. The largest absolute Gasteiger partial charge is 0.466 e. The van der Waals surface area contributed by atoms with Crippen LogP contribution in [-0.2, 0) is 39.9 Å². The third-order valence-corrected chi connectivity index (χ3v) is 8.04. The van der Waals surface area contributed by atoms with Crippen LogP contribution >= 0.6 is 0 Å². The fourth-order valence-corrected chi connectivity index (χ4v) is 5.44. The molecule has 4 atom stereocenters. The topological polar surface area (TPSA) is 120 Å². The number of carbonyl (C=O) groups excluding carboxylic acids is 5. The summed E-state index contributed by atoms with van der Waals surface area (Å²) in [6.07, 6.45) is 10.8. The number of ether oxygens (including phenoxy) is 2. The van der Waals surface area contributed by atoms with Crippen LogP contribution in [-0.4, -0.2) is 64.6 Å². The second kappa shape index (κ2) is 16.7. The van der Waals surface area contributed by atoms with Crippen LogP contribution in [0.2, 0.25) is 0 Å². The lowest BCUT2D eigenvalue weighted by Gasteiger charge is -2.35. The first-order chi connectivity index (χ1) is 20.2. The predicted molar refractivity (Wildman–Crippen MR) is 157 cm³/mol. The van der Waals surface area contributed by atoms with Crippen LogP contribution in [0.25, 0.3) is 0 Å². The lowest BCUT2D eigenvalue weighted by atomic mass is 9.90. The van der Waals surface area contributed by atoms with E-state index in [1.54, 1.807) is 18.5 Å². The van der Waals surface area contributed by atoms with Gasteiger partial charge < -0.3 is 14.4 Å². The number of hydrogen-bond donors (Lipinski definition) is 0. The Morgan fingerprint density at radius 1 is 1.02 bits per heavy atom. The number of piperidine rings is 1. The molecule has 3 rings (SSSR count). The van der Waals surface area contributed by atoms with Crippen molar-refractivity contribution in [2.24, 2.45) is 11.8 Å². The molecular formula is C33H44N2O7. The van der Waals surface area contributed by atoms with Gasteiger partial charge in [-0.3, -0.25) is 24.2 Å². The smallest absolute Gasteiger partial charge is 0.329 e. The average Bonchev–Trinajstić information content (AvgIpc) is 2.99. The number of esters is 2. The Hall–Kier alpha value is -3.62. The quantitative estimate of drug-likeness (QED) is 0.279. The number of pyridine rings is 1. The molecule has 3 heterocycles. The van der Waals surface area contributed by atoms with E-state index in [-0.39, 0.29) is 50.0 Å². The zero-order valence-corrected chi connectivity index (χ0v) is 24.9. The molecule has 0 aliphatic carbocycles. The van der Waals surface area contributed by atoms with Crippen molar-refractivity contribution in [3.8, 4) is 0 Å². The molecule has 0 saturated carbocycles. The second-order valence-electron chi connectivity index (χ2n) is 11.4. The maximum atomic E-state index is 13.5. The monoisotopic (exact) mass is 580 g/mol. The highest BCUT2D eigenvalue weighted by Gasteiger charge is 2.37. The van der Waals surface area contributed by atoms with Gasteiger partial charge in [0.05, 0.1) is 13.0 Å².